The molecular formula is C22H26N2O5S. The van der Waals surface area contributed by atoms with Crippen LogP contribution in [0.15, 0.2) is 41.3 Å². The van der Waals surface area contributed by atoms with E-state index in [1.54, 1.807) is 18.2 Å². The molecule has 2 aromatic carbocycles. The largest absolute Gasteiger partial charge is 0.493 e. The Morgan fingerprint density at radius 3 is 2.47 bits per heavy atom. The zero-order valence-electron chi connectivity index (χ0n) is 17.2. The third-order valence-corrected chi connectivity index (χ3v) is 7.25. The highest BCUT2D eigenvalue weighted by Crippen LogP contribution is 2.36. The van der Waals surface area contributed by atoms with E-state index in [-0.39, 0.29) is 16.7 Å². The minimum absolute atomic E-state index is 0.0690. The van der Waals surface area contributed by atoms with Gasteiger partial charge in [-0.1, -0.05) is 18.9 Å². The van der Waals surface area contributed by atoms with E-state index in [9.17, 15) is 13.2 Å². The van der Waals surface area contributed by atoms with Crippen LogP contribution in [-0.2, 0) is 21.2 Å². The van der Waals surface area contributed by atoms with Crippen molar-refractivity contribution in [2.24, 2.45) is 5.92 Å². The van der Waals surface area contributed by atoms with Gasteiger partial charge in [-0.25, -0.2) is 8.42 Å². The van der Waals surface area contributed by atoms with Gasteiger partial charge in [-0.15, -0.1) is 0 Å². The van der Waals surface area contributed by atoms with Gasteiger partial charge in [0.25, 0.3) is 10.0 Å². The molecule has 30 heavy (non-hydrogen) atoms. The number of benzene rings is 2. The Labute approximate surface area is 177 Å². The summed E-state index contributed by atoms with van der Waals surface area (Å²) in [5.74, 6) is 1.03. The summed E-state index contributed by atoms with van der Waals surface area (Å²) in [4.78, 5) is 14.8. The van der Waals surface area contributed by atoms with Gasteiger partial charge in [-0.2, -0.15) is 0 Å². The minimum atomic E-state index is -3.83. The van der Waals surface area contributed by atoms with Crippen molar-refractivity contribution in [3.8, 4) is 11.5 Å². The lowest BCUT2D eigenvalue weighted by molar-refractivity contribution is -0.122. The van der Waals surface area contributed by atoms with Crippen molar-refractivity contribution in [2.75, 3.05) is 30.4 Å². The lowest BCUT2D eigenvalue weighted by atomic mass is 10.1. The number of hydrogen-bond donors (Lipinski definition) is 1. The number of rotatable bonds is 6. The first kappa shape index (κ1) is 20.5. The van der Waals surface area contributed by atoms with Crippen molar-refractivity contribution in [1.82, 2.24) is 0 Å². The molecule has 4 rings (SSSR count). The molecule has 1 heterocycles. The normalized spacial score (nSPS) is 16.4. The molecule has 0 saturated heterocycles. The van der Waals surface area contributed by atoms with Crippen molar-refractivity contribution < 1.29 is 22.7 Å². The lowest BCUT2D eigenvalue weighted by Crippen LogP contribution is -2.33. The van der Waals surface area contributed by atoms with Crippen LogP contribution in [0, 0.1) is 5.92 Å². The van der Waals surface area contributed by atoms with Gasteiger partial charge in [0.05, 0.1) is 24.8 Å². The smallest absolute Gasteiger partial charge is 0.262 e. The van der Waals surface area contributed by atoms with Gasteiger partial charge in [-0.3, -0.25) is 9.52 Å². The molecule has 1 amide bonds. The zero-order chi connectivity index (χ0) is 21.3. The summed E-state index contributed by atoms with van der Waals surface area (Å²) in [7, 11) is -0.881. The average Bonchev–Trinajstić information content (AvgIpc) is 3.42. The standard InChI is InChI=1S/C22H26N2O5S/c1-28-20-10-9-18(14-21(20)29-2)30(26,27)23-17-8-7-15-11-12-24(19(15)13-17)22(25)16-5-3-4-6-16/h7-10,13-14,16,23H,3-6,11-12H2,1-2H3. The molecule has 7 nitrogen and oxygen atoms in total. The third kappa shape index (κ3) is 3.84. The van der Waals surface area contributed by atoms with Gasteiger partial charge in [-0.05, 0) is 49.1 Å². The Morgan fingerprint density at radius 1 is 1.03 bits per heavy atom. The molecule has 0 unspecified atom stereocenters. The third-order valence-electron chi connectivity index (χ3n) is 5.87. The van der Waals surface area contributed by atoms with Gasteiger partial charge in [0.1, 0.15) is 0 Å². The van der Waals surface area contributed by atoms with E-state index in [1.165, 1.54) is 26.4 Å². The van der Waals surface area contributed by atoms with Crippen LogP contribution in [0.2, 0.25) is 0 Å². The average molecular weight is 431 g/mol. The summed E-state index contributed by atoms with van der Waals surface area (Å²) in [5.41, 5.74) is 2.30. The second-order valence-electron chi connectivity index (χ2n) is 7.69. The van der Waals surface area contributed by atoms with Crippen LogP contribution in [0.5, 0.6) is 11.5 Å². The Balaban J connectivity index is 1.58. The highest BCUT2D eigenvalue weighted by atomic mass is 32.2. The summed E-state index contributed by atoms with van der Waals surface area (Å²) in [6.45, 7) is 0.649. The van der Waals surface area contributed by atoms with E-state index >= 15 is 0 Å². The Morgan fingerprint density at radius 2 is 1.77 bits per heavy atom. The predicted octanol–water partition coefficient (Wildman–Crippen LogP) is 3.58. The topological polar surface area (TPSA) is 84.9 Å². The number of ether oxygens (including phenoxy) is 2. The van der Waals surface area contributed by atoms with Crippen LogP contribution in [-0.4, -0.2) is 35.1 Å². The fourth-order valence-corrected chi connectivity index (χ4v) is 5.33. The molecule has 1 N–H and O–H groups in total. The molecule has 0 aromatic heterocycles. The highest BCUT2D eigenvalue weighted by molar-refractivity contribution is 7.92. The number of anilines is 2. The van der Waals surface area contributed by atoms with E-state index in [0.29, 0.717) is 23.7 Å². The van der Waals surface area contributed by atoms with Crippen molar-refractivity contribution in [1.29, 1.82) is 0 Å². The van der Waals surface area contributed by atoms with Crippen LogP contribution in [0.4, 0.5) is 11.4 Å². The molecule has 1 aliphatic carbocycles. The maximum Gasteiger partial charge on any atom is 0.262 e. The van der Waals surface area contributed by atoms with Crippen molar-refractivity contribution in [3.05, 3.63) is 42.0 Å². The van der Waals surface area contributed by atoms with Gasteiger partial charge >= 0.3 is 0 Å². The summed E-state index contributed by atoms with van der Waals surface area (Å²) in [6, 6.07) is 9.83. The molecule has 1 saturated carbocycles. The monoisotopic (exact) mass is 430 g/mol. The number of carbonyl (C=O) groups excluding carboxylic acids is 1. The first-order chi connectivity index (χ1) is 14.4. The van der Waals surface area contributed by atoms with Crippen LogP contribution in [0.3, 0.4) is 0 Å². The summed E-state index contributed by atoms with van der Waals surface area (Å²) in [6.07, 6.45) is 4.87. The van der Waals surface area contributed by atoms with E-state index in [0.717, 1.165) is 43.4 Å². The van der Waals surface area contributed by atoms with Crippen molar-refractivity contribution >= 4 is 27.3 Å². The van der Waals surface area contributed by atoms with Crippen LogP contribution >= 0.6 is 0 Å². The highest BCUT2D eigenvalue weighted by Gasteiger charge is 2.32. The molecule has 8 heteroatoms. The van der Waals surface area contributed by atoms with Crippen molar-refractivity contribution in [2.45, 2.75) is 37.0 Å². The number of carbonyl (C=O) groups is 1. The number of hydrogen-bond acceptors (Lipinski definition) is 5. The van der Waals surface area contributed by atoms with Gasteiger partial charge in [0, 0.05) is 24.2 Å². The van der Waals surface area contributed by atoms with Crippen molar-refractivity contribution in [3.63, 3.8) is 0 Å². The minimum Gasteiger partial charge on any atom is -0.493 e. The summed E-state index contributed by atoms with van der Waals surface area (Å²) < 4.78 is 38.8. The fraction of sp³-hybridized carbons (Fsp3) is 0.409. The number of fused-ring (bicyclic) bond motifs is 1. The molecular weight excluding hydrogens is 404 g/mol. The number of nitrogens with zero attached hydrogens (tertiary/aromatic N) is 1. The predicted molar refractivity (Wildman–Crippen MR) is 115 cm³/mol. The molecule has 1 fully saturated rings. The van der Waals surface area contributed by atoms with E-state index < -0.39 is 10.0 Å². The van der Waals surface area contributed by atoms with Crippen LogP contribution in [0.25, 0.3) is 0 Å². The molecule has 2 aliphatic rings. The SMILES string of the molecule is COc1ccc(S(=O)(=O)Nc2ccc3c(c2)N(C(=O)C2CCCC2)CC3)cc1OC. The number of methoxy groups -OCH3 is 2. The number of amides is 1. The van der Waals surface area contributed by atoms with E-state index in [2.05, 4.69) is 4.72 Å². The second kappa shape index (κ2) is 8.18. The maximum atomic E-state index is 12.9. The Hall–Kier alpha value is -2.74. The maximum absolute atomic E-state index is 12.9. The molecule has 0 bridgehead atoms. The second-order valence-corrected chi connectivity index (χ2v) is 9.37. The van der Waals surface area contributed by atoms with E-state index in [4.69, 9.17) is 9.47 Å². The van der Waals surface area contributed by atoms with Gasteiger partial charge in [0.15, 0.2) is 11.5 Å². The quantitative estimate of drug-likeness (QED) is 0.757. The first-order valence-electron chi connectivity index (χ1n) is 10.1. The summed E-state index contributed by atoms with van der Waals surface area (Å²) in [5, 5.41) is 0. The fourth-order valence-electron chi connectivity index (χ4n) is 4.26. The zero-order valence-corrected chi connectivity index (χ0v) is 18.0. The van der Waals surface area contributed by atoms with Crippen LogP contribution < -0.4 is 19.1 Å². The van der Waals surface area contributed by atoms with E-state index in [1.807, 2.05) is 11.0 Å². The lowest BCUT2D eigenvalue weighted by Gasteiger charge is -2.22. The molecule has 0 atom stereocenters. The molecule has 160 valence electrons. The molecule has 0 radical (unpaired) electrons. The number of sulfonamides is 1. The Bertz CT molecular complexity index is 1060. The van der Waals surface area contributed by atoms with Gasteiger partial charge < -0.3 is 14.4 Å². The van der Waals surface area contributed by atoms with Crippen LogP contribution in [0.1, 0.15) is 31.2 Å². The molecule has 2 aromatic rings. The first-order valence-corrected chi connectivity index (χ1v) is 11.6. The molecule has 0 spiro atoms. The summed E-state index contributed by atoms with van der Waals surface area (Å²) >= 11 is 0. The van der Waals surface area contributed by atoms with Gasteiger partial charge in [0.2, 0.25) is 5.91 Å². The molecule has 1 aliphatic heterocycles. The number of nitrogens with one attached hydrogen (secondary N) is 1. The Kier molecular flexibility index (Phi) is 5.60.